The van der Waals surface area contributed by atoms with Crippen LogP contribution in [0.2, 0.25) is 10.0 Å². The molecule has 1 N–H and O–H groups in total. The number of nitrogens with one attached hydrogen (secondary N) is 1. The molecule has 0 bridgehead atoms. The summed E-state index contributed by atoms with van der Waals surface area (Å²) >= 11 is 15.7. The van der Waals surface area contributed by atoms with Crippen LogP contribution in [0, 0.1) is 0 Å². The van der Waals surface area contributed by atoms with Crippen molar-refractivity contribution in [1.29, 1.82) is 0 Å². The second kappa shape index (κ2) is 9.99. The van der Waals surface area contributed by atoms with Crippen molar-refractivity contribution in [2.24, 2.45) is 0 Å². The molecule has 0 spiro atoms. The van der Waals surface area contributed by atoms with Crippen molar-refractivity contribution >= 4 is 39.1 Å². The van der Waals surface area contributed by atoms with Gasteiger partial charge in [-0.15, -0.1) is 0 Å². The van der Waals surface area contributed by atoms with E-state index in [0.29, 0.717) is 34.3 Å². The highest BCUT2D eigenvalue weighted by Gasteiger charge is 2.16. The summed E-state index contributed by atoms with van der Waals surface area (Å²) in [4.78, 5) is 0. The number of benzene rings is 2. The van der Waals surface area contributed by atoms with E-state index in [9.17, 15) is 0 Å². The van der Waals surface area contributed by atoms with Crippen molar-refractivity contribution in [2.75, 3.05) is 20.3 Å². The molecule has 4 nitrogen and oxygen atoms in total. The van der Waals surface area contributed by atoms with E-state index in [1.807, 2.05) is 18.2 Å². The molecule has 0 aliphatic carbocycles. The molecule has 1 fully saturated rings. The summed E-state index contributed by atoms with van der Waals surface area (Å²) in [7, 11) is 1.63. The molecule has 1 aliphatic heterocycles. The molecule has 1 atom stereocenters. The fourth-order valence-electron chi connectivity index (χ4n) is 2.99. The van der Waals surface area contributed by atoms with Crippen molar-refractivity contribution in [3.05, 3.63) is 56.0 Å². The van der Waals surface area contributed by atoms with Crippen LogP contribution < -0.4 is 14.8 Å². The maximum Gasteiger partial charge on any atom is 0.175 e. The highest BCUT2D eigenvalue weighted by molar-refractivity contribution is 9.10. The fraction of sp³-hybridized carbons (Fsp3) is 0.400. The zero-order valence-electron chi connectivity index (χ0n) is 15.1. The van der Waals surface area contributed by atoms with Gasteiger partial charge in [-0.2, -0.15) is 0 Å². The van der Waals surface area contributed by atoms with Crippen molar-refractivity contribution in [2.45, 2.75) is 32.1 Å². The highest BCUT2D eigenvalue weighted by Crippen LogP contribution is 2.37. The standard InChI is InChI=1S/C20H22BrCl2NO3/c1-25-19-8-13(10-24-11-16-3-2-6-26-16)7-17(21)20(19)27-12-14-4-5-15(22)9-18(14)23/h4-5,7-9,16,24H,2-3,6,10-12H2,1H3/t16-/m1/s1. The third-order valence-electron chi connectivity index (χ3n) is 4.40. The van der Waals surface area contributed by atoms with Crippen LogP contribution in [0.25, 0.3) is 0 Å². The monoisotopic (exact) mass is 473 g/mol. The van der Waals surface area contributed by atoms with Crippen molar-refractivity contribution < 1.29 is 14.2 Å². The van der Waals surface area contributed by atoms with Gasteiger partial charge in [0.25, 0.3) is 0 Å². The van der Waals surface area contributed by atoms with Gasteiger partial charge in [-0.1, -0.05) is 29.3 Å². The van der Waals surface area contributed by atoms with Crippen LogP contribution in [0.15, 0.2) is 34.8 Å². The van der Waals surface area contributed by atoms with E-state index < -0.39 is 0 Å². The molecule has 7 heteroatoms. The molecule has 3 rings (SSSR count). The van der Waals surface area contributed by atoms with E-state index >= 15 is 0 Å². The van der Waals surface area contributed by atoms with E-state index in [-0.39, 0.29) is 0 Å². The summed E-state index contributed by atoms with van der Waals surface area (Å²) in [6.07, 6.45) is 2.59. The van der Waals surface area contributed by atoms with Gasteiger partial charge >= 0.3 is 0 Å². The molecule has 0 radical (unpaired) electrons. The zero-order chi connectivity index (χ0) is 19.2. The lowest BCUT2D eigenvalue weighted by Gasteiger charge is -2.16. The lowest BCUT2D eigenvalue weighted by Crippen LogP contribution is -2.25. The van der Waals surface area contributed by atoms with Gasteiger partial charge in [0, 0.05) is 35.3 Å². The molecular formula is C20H22BrCl2NO3. The van der Waals surface area contributed by atoms with Crippen LogP contribution >= 0.6 is 39.1 Å². The predicted octanol–water partition coefficient (Wildman–Crippen LogP) is 5.61. The fourth-order valence-corrected chi connectivity index (χ4v) is 4.05. The minimum absolute atomic E-state index is 0.321. The number of ether oxygens (including phenoxy) is 3. The topological polar surface area (TPSA) is 39.7 Å². The predicted molar refractivity (Wildman–Crippen MR) is 112 cm³/mol. The van der Waals surface area contributed by atoms with Crippen LogP contribution in [0.5, 0.6) is 11.5 Å². The third kappa shape index (κ3) is 5.75. The van der Waals surface area contributed by atoms with Gasteiger partial charge in [0.15, 0.2) is 11.5 Å². The molecule has 0 amide bonds. The number of halogens is 3. The summed E-state index contributed by atoms with van der Waals surface area (Å²) in [6, 6.07) is 9.36. The summed E-state index contributed by atoms with van der Waals surface area (Å²) < 4.78 is 18.0. The molecule has 2 aromatic rings. The molecule has 0 aromatic heterocycles. The van der Waals surface area contributed by atoms with E-state index in [1.54, 1.807) is 19.2 Å². The number of rotatable bonds is 8. The second-order valence-electron chi connectivity index (χ2n) is 6.40. The Morgan fingerprint density at radius 3 is 2.81 bits per heavy atom. The Hall–Kier alpha value is -0.980. The summed E-state index contributed by atoms with van der Waals surface area (Å²) in [6.45, 7) is 2.78. The van der Waals surface area contributed by atoms with Gasteiger partial charge in [0.2, 0.25) is 0 Å². The van der Waals surface area contributed by atoms with Crippen LogP contribution in [-0.4, -0.2) is 26.4 Å². The Balaban J connectivity index is 1.64. The van der Waals surface area contributed by atoms with E-state index in [1.165, 1.54) is 0 Å². The second-order valence-corrected chi connectivity index (χ2v) is 8.10. The lowest BCUT2D eigenvalue weighted by molar-refractivity contribution is 0.110. The Labute approximate surface area is 178 Å². The first-order valence-corrected chi connectivity index (χ1v) is 10.4. The van der Waals surface area contributed by atoms with Gasteiger partial charge in [-0.3, -0.25) is 0 Å². The molecule has 146 valence electrons. The average molecular weight is 475 g/mol. The number of methoxy groups -OCH3 is 1. The first kappa shape index (κ1) is 20.7. The van der Waals surface area contributed by atoms with Crippen LogP contribution in [0.3, 0.4) is 0 Å². The van der Waals surface area contributed by atoms with E-state index in [4.69, 9.17) is 37.4 Å². The molecule has 1 heterocycles. The Morgan fingerprint density at radius 2 is 2.11 bits per heavy atom. The van der Waals surface area contributed by atoms with Crippen LogP contribution in [-0.2, 0) is 17.9 Å². The quantitative estimate of drug-likeness (QED) is 0.539. The molecule has 1 aliphatic rings. The Kier molecular flexibility index (Phi) is 7.67. The molecular weight excluding hydrogens is 453 g/mol. The van der Waals surface area contributed by atoms with Gasteiger partial charge < -0.3 is 19.5 Å². The van der Waals surface area contributed by atoms with Crippen molar-refractivity contribution in [1.82, 2.24) is 5.32 Å². The smallest absolute Gasteiger partial charge is 0.175 e. The van der Waals surface area contributed by atoms with E-state index in [2.05, 4.69) is 21.2 Å². The van der Waals surface area contributed by atoms with Crippen molar-refractivity contribution in [3.63, 3.8) is 0 Å². The van der Waals surface area contributed by atoms with Gasteiger partial charge in [-0.25, -0.2) is 0 Å². The van der Waals surface area contributed by atoms with Crippen LogP contribution in [0.4, 0.5) is 0 Å². The Morgan fingerprint density at radius 1 is 1.26 bits per heavy atom. The van der Waals surface area contributed by atoms with E-state index in [0.717, 1.165) is 48.1 Å². The summed E-state index contributed by atoms with van der Waals surface area (Å²) in [5, 5.41) is 4.62. The van der Waals surface area contributed by atoms with Gasteiger partial charge in [-0.05, 0) is 58.6 Å². The number of hydrogen-bond donors (Lipinski definition) is 1. The normalized spacial score (nSPS) is 16.5. The summed E-state index contributed by atoms with van der Waals surface area (Å²) in [5.74, 6) is 1.31. The lowest BCUT2D eigenvalue weighted by atomic mass is 10.2. The van der Waals surface area contributed by atoms with Crippen LogP contribution in [0.1, 0.15) is 24.0 Å². The van der Waals surface area contributed by atoms with Crippen molar-refractivity contribution in [3.8, 4) is 11.5 Å². The minimum Gasteiger partial charge on any atom is -0.493 e. The molecule has 2 aromatic carbocycles. The van der Waals surface area contributed by atoms with Gasteiger partial charge in [0.1, 0.15) is 6.61 Å². The maximum absolute atomic E-state index is 6.22. The molecule has 0 unspecified atom stereocenters. The largest absolute Gasteiger partial charge is 0.493 e. The zero-order valence-corrected chi connectivity index (χ0v) is 18.2. The molecule has 1 saturated heterocycles. The number of hydrogen-bond acceptors (Lipinski definition) is 4. The highest BCUT2D eigenvalue weighted by atomic mass is 79.9. The SMILES string of the molecule is COc1cc(CNC[C@H]2CCCO2)cc(Br)c1OCc1ccc(Cl)cc1Cl. The summed E-state index contributed by atoms with van der Waals surface area (Å²) in [5.41, 5.74) is 1.96. The minimum atomic E-state index is 0.321. The first-order chi connectivity index (χ1) is 13.1. The maximum atomic E-state index is 6.22. The molecule has 27 heavy (non-hydrogen) atoms. The Bertz CT molecular complexity index is 782. The average Bonchev–Trinajstić information content (AvgIpc) is 3.15. The first-order valence-electron chi connectivity index (χ1n) is 8.82. The molecule has 0 saturated carbocycles. The third-order valence-corrected chi connectivity index (χ3v) is 5.58. The van der Waals surface area contributed by atoms with Gasteiger partial charge in [0.05, 0.1) is 17.7 Å².